The molecule has 31 heavy (non-hydrogen) atoms. The highest BCUT2D eigenvalue weighted by Crippen LogP contribution is 2.48. The van der Waals surface area contributed by atoms with Crippen LogP contribution >= 0.6 is 0 Å². The minimum absolute atomic E-state index is 0.149. The largest absolute Gasteiger partial charge is 0.469 e. The van der Waals surface area contributed by atoms with Crippen molar-refractivity contribution >= 4 is 14.3 Å². The third-order valence-corrected chi connectivity index (χ3v) is 13.2. The summed E-state index contributed by atoms with van der Waals surface area (Å²) in [6.07, 6.45) is 5.16. The summed E-state index contributed by atoms with van der Waals surface area (Å²) in [6, 6.07) is 8.55. The molecule has 0 unspecified atom stereocenters. The van der Waals surface area contributed by atoms with E-state index in [9.17, 15) is 4.79 Å². The molecule has 0 spiro atoms. The van der Waals surface area contributed by atoms with Gasteiger partial charge in [-0.05, 0) is 66.8 Å². The Morgan fingerprint density at radius 2 is 1.74 bits per heavy atom. The lowest BCUT2D eigenvalue weighted by Crippen LogP contribution is -2.47. The average Bonchev–Trinajstić information content (AvgIpc) is 3.33. The first-order chi connectivity index (χ1) is 14.6. The van der Waals surface area contributed by atoms with Crippen molar-refractivity contribution in [3.8, 4) is 0 Å². The topological polar surface area (TPSA) is 44.8 Å². The molecule has 2 fully saturated rings. The summed E-state index contributed by atoms with van der Waals surface area (Å²) in [4.78, 5) is 11.7. The van der Waals surface area contributed by atoms with Gasteiger partial charge < -0.3 is 13.9 Å². The van der Waals surface area contributed by atoms with Gasteiger partial charge in [0, 0.05) is 18.9 Å². The molecular weight excluding hydrogens is 404 g/mol. The van der Waals surface area contributed by atoms with Gasteiger partial charge in [0.25, 0.3) is 0 Å². The van der Waals surface area contributed by atoms with E-state index in [0.717, 1.165) is 32.3 Å². The van der Waals surface area contributed by atoms with Crippen LogP contribution in [0.15, 0.2) is 24.3 Å². The Morgan fingerprint density at radius 1 is 1.13 bits per heavy atom. The normalized spacial score (nSPS) is 25.9. The van der Waals surface area contributed by atoms with Crippen molar-refractivity contribution in [3.05, 3.63) is 35.4 Å². The highest BCUT2D eigenvalue weighted by Gasteiger charge is 2.50. The quantitative estimate of drug-likeness (QED) is 0.337. The summed E-state index contributed by atoms with van der Waals surface area (Å²) in [5.74, 6) is 1.40. The van der Waals surface area contributed by atoms with Crippen LogP contribution in [-0.4, -0.2) is 40.2 Å². The molecule has 0 radical (unpaired) electrons. The number of rotatable bonds is 10. The van der Waals surface area contributed by atoms with Gasteiger partial charge in [-0.3, -0.25) is 4.79 Å². The van der Waals surface area contributed by atoms with E-state index in [0.29, 0.717) is 36.4 Å². The molecule has 4 nitrogen and oxygen atoms in total. The number of hydrogen-bond donors (Lipinski definition) is 0. The Morgan fingerprint density at radius 3 is 2.35 bits per heavy atom. The van der Waals surface area contributed by atoms with Gasteiger partial charge in [0.15, 0.2) is 8.32 Å². The SMILES string of the molecule is COC(=O)CCc1ccccc1C[C@@H]1[C@H](CO[Si](C)(C)C(C)(C)C(C)C)[C@H]2CC[C@@H]1O2. The van der Waals surface area contributed by atoms with E-state index in [2.05, 4.69) is 65.1 Å². The minimum atomic E-state index is -1.86. The van der Waals surface area contributed by atoms with Crippen molar-refractivity contribution in [3.63, 3.8) is 0 Å². The van der Waals surface area contributed by atoms with E-state index in [1.54, 1.807) is 0 Å². The lowest BCUT2D eigenvalue weighted by Gasteiger charge is -2.43. The van der Waals surface area contributed by atoms with E-state index < -0.39 is 8.32 Å². The summed E-state index contributed by atoms with van der Waals surface area (Å²) < 4.78 is 18.0. The van der Waals surface area contributed by atoms with Crippen molar-refractivity contribution in [2.45, 2.75) is 90.1 Å². The van der Waals surface area contributed by atoms with Crippen molar-refractivity contribution in [2.24, 2.45) is 17.8 Å². The zero-order valence-corrected chi connectivity index (χ0v) is 21.6. The van der Waals surface area contributed by atoms with Crippen molar-refractivity contribution in [1.82, 2.24) is 0 Å². The summed E-state index contributed by atoms with van der Waals surface area (Å²) >= 11 is 0. The number of carbonyl (C=O) groups excluding carboxylic acids is 1. The number of methoxy groups -OCH3 is 1. The molecule has 2 bridgehead atoms. The molecular formula is C26H42O4Si. The second-order valence-corrected chi connectivity index (χ2v) is 15.5. The van der Waals surface area contributed by atoms with E-state index in [-0.39, 0.29) is 11.0 Å². The van der Waals surface area contributed by atoms with E-state index >= 15 is 0 Å². The maximum absolute atomic E-state index is 11.7. The van der Waals surface area contributed by atoms with Crippen molar-refractivity contribution < 1.29 is 18.7 Å². The van der Waals surface area contributed by atoms with Gasteiger partial charge in [-0.25, -0.2) is 0 Å². The number of aryl methyl sites for hydroxylation is 1. The Bertz CT molecular complexity index is 758. The van der Waals surface area contributed by atoms with Gasteiger partial charge in [-0.15, -0.1) is 0 Å². The first kappa shape index (κ1) is 24.5. The number of carbonyl (C=O) groups is 1. The molecule has 0 N–H and O–H groups in total. The van der Waals surface area contributed by atoms with Crippen LogP contribution in [0.25, 0.3) is 0 Å². The second kappa shape index (κ2) is 9.76. The minimum Gasteiger partial charge on any atom is -0.469 e. The number of benzene rings is 1. The van der Waals surface area contributed by atoms with Gasteiger partial charge in [0.2, 0.25) is 0 Å². The maximum atomic E-state index is 11.7. The summed E-state index contributed by atoms with van der Waals surface area (Å²) in [5.41, 5.74) is 2.60. The summed E-state index contributed by atoms with van der Waals surface area (Å²) in [5, 5.41) is 0.224. The Hall–Kier alpha value is -1.17. The van der Waals surface area contributed by atoms with Crippen LogP contribution in [0.5, 0.6) is 0 Å². The number of fused-ring (bicyclic) bond motifs is 2. The predicted octanol–water partition coefficient (Wildman–Crippen LogP) is 5.79. The number of esters is 1. The van der Waals surface area contributed by atoms with Gasteiger partial charge >= 0.3 is 5.97 Å². The van der Waals surface area contributed by atoms with Crippen LogP contribution in [0, 0.1) is 17.8 Å². The predicted molar refractivity (Wildman–Crippen MR) is 128 cm³/mol. The molecule has 2 saturated heterocycles. The van der Waals surface area contributed by atoms with E-state index in [1.807, 2.05) is 0 Å². The molecule has 3 rings (SSSR count). The smallest absolute Gasteiger partial charge is 0.305 e. The van der Waals surface area contributed by atoms with Crippen LogP contribution in [0.3, 0.4) is 0 Å². The number of hydrogen-bond acceptors (Lipinski definition) is 4. The molecule has 4 atom stereocenters. The van der Waals surface area contributed by atoms with Crippen LogP contribution < -0.4 is 0 Å². The lowest BCUT2D eigenvalue weighted by molar-refractivity contribution is -0.140. The molecule has 0 saturated carbocycles. The molecule has 0 aromatic heterocycles. The highest BCUT2D eigenvalue weighted by molar-refractivity contribution is 6.74. The van der Waals surface area contributed by atoms with Gasteiger partial charge in [-0.1, -0.05) is 52.0 Å². The monoisotopic (exact) mass is 446 g/mol. The molecule has 2 aliphatic rings. The molecule has 1 aromatic rings. The molecule has 0 aliphatic carbocycles. The standard InChI is InChI=1S/C26H42O4Si/c1-18(2)26(3,4)31(6,7)29-17-22-21(23-13-14-24(22)30-23)16-20-11-9-8-10-19(20)12-15-25(27)28-5/h8-11,18,21-24H,12-17H2,1-7H3/t21-,22+,23+,24-/m1/s1. The summed E-state index contributed by atoms with van der Waals surface area (Å²) in [7, 11) is -0.403. The molecule has 174 valence electrons. The maximum Gasteiger partial charge on any atom is 0.305 e. The zero-order chi connectivity index (χ0) is 22.8. The van der Waals surface area contributed by atoms with E-state index in [4.69, 9.17) is 13.9 Å². The van der Waals surface area contributed by atoms with Gasteiger partial charge in [0.1, 0.15) is 0 Å². The third-order valence-electron chi connectivity index (χ3n) is 8.62. The van der Waals surface area contributed by atoms with Crippen LogP contribution in [-0.2, 0) is 31.5 Å². The van der Waals surface area contributed by atoms with E-state index in [1.165, 1.54) is 18.2 Å². The van der Waals surface area contributed by atoms with Crippen LogP contribution in [0.4, 0.5) is 0 Å². The van der Waals surface area contributed by atoms with Crippen LogP contribution in [0.2, 0.25) is 18.1 Å². The fourth-order valence-corrected chi connectivity index (χ4v) is 7.53. The van der Waals surface area contributed by atoms with Crippen LogP contribution in [0.1, 0.15) is 58.1 Å². The Kier molecular flexibility index (Phi) is 7.70. The first-order valence-corrected chi connectivity index (χ1v) is 14.9. The molecule has 1 aromatic carbocycles. The molecule has 2 aliphatic heterocycles. The molecule has 5 heteroatoms. The third kappa shape index (κ3) is 5.26. The number of ether oxygens (including phenoxy) is 2. The fraction of sp³-hybridized carbons (Fsp3) is 0.731. The highest BCUT2D eigenvalue weighted by atomic mass is 28.4. The molecule has 2 heterocycles. The van der Waals surface area contributed by atoms with Gasteiger partial charge in [-0.2, -0.15) is 0 Å². The summed E-state index contributed by atoms with van der Waals surface area (Å²) in [6.45, 7) is 14.9. The Labute approximate surface area is 190 Å². The van der Waals surface area contributed by atoms with Gasteiger partial charge in [0.05, 0.1) is 19.3 Å². The van der Waals surface area contributed by atoms with Crippen molar-refractivity contribution in [1.29, 1.82) is 0 Å². The van der Waals surface area contributed by atoms with Crippen molar-refractivity contribution in [2.75, 3.05) is 13.7 Å². The second-order valence-electron chi connectivity index (χ2n) is 10.9. The average molecular weight is 447 g/mol. The first-order valence-electron chi connectivity index (χ1n) is 12.0. The zero-order valence-electron chi connectivity index (χ0n) is 20.6. The fourth-order valence-electron chi connectivity index (χ4n) is 5.16. The Balaban J connectivity index is 1.71. The lowest BCUT2D eigenvalue weighted by atomic mass is 9.76. The molecule has 0 amide bonds.